The average molecular weight is 294 g/mol. The molecule has 4 heteroatoms. The van der Waals surface area contributed by atoms with E-state index >= 15 is 0 Å². The average Bonchev–Trinajstić information content (AvgIpc) is 2.89. The van der Waals surface area contributed by atoms with Crippen molar-refractivity contribution in [2.24, 2.45) is 0 Å². The third-order valence-electron chi connectivity index (χ3n) is 4.47. The fourth-order valence-corrected chi connectivity index (χ4v) is 3.43. The van der Waals surface area contributed by atoms with E-state index in [1.807, 2.05) is 24.5 Å². The maximum Gasteiger partial charge on any atom is 0.0688 e. The summed E-state index contributed by atoms with van der Waals surface area (Å²) in [6, 6.07) is 6.44. The lowest BCUT2D eigenvalue weighted by atomic mass is 9.81. The van der Waals surface area contributed by atoms with Crippen molar-refractivity contribution in [2.75, 3.05) is 0 Å². The summed E-state index contributed by atoms with van der Waals surface area (Å²) >= 11 is 0. The molecule has 0 amide bonds. The minimum atomic E-state index is 0.359. The summed E-state index contributed by atoms with van der Waals surface area (Å²) in [6.07, 6.45) is 7.59. The number of rotatable bonds is 4. The summed E-state index contributed by atoms with van der Waals surface area (Å²) in [5.41, 5.74) is 5.10. The van der Waals surface area contributed by atoms with E-state index in [1.54, 1.807) is 0 Å². The third kappa shape index (κ3) is 2.76. The smallest absolute Gasteiger partial charge is 0.0688 e. The minimum absolute atomic E-state index is 0.359. The highest BCUT2D eigenvalue weighted by Crippen LogP contribution is 2.38. The Balaban J connectivity index is 2.02. The molecule has 0 radical (unpaired) electrons. The number of hydrogen-bond acceptors (Lipinski definition) is 3. The topological polar surface area (TPSA) is 54.5 Å². The highest BCUT2D eigenvalue weighted by Gasteiger charge is 2.29. The zero-order valence-electron chi connectivity index (χ0n) is 13.3. The number of hydrogen-bond donors (Lipinski definition) is 0. The van der Waals surface area contributed by atoms with Gasteiger partial charge in [-0.05, 0) is 42.9 Å². The zero-order valence-corrected chi connectivity index (χ0v) is 13.3. The summed E-state index contributed by atoms with van der Waals surface area (Å²) in [7, 11) is 0. The molecule has 2 aromatic heterocycles. The predicted octanol–water partition coefficient (Wildman–Crippen LogP) is 3.78. The van der Waals surface area contributed by atoms with Gasteiger partial charge in [0, 0.05) is 36.0 Å². The van der Waals surface area contributed by atoms with Crippen molar-refractivity contribution in [3.63, 3.8) is 0 Å². The first-order valence-electron chi connectivity index (χ1n) is 8.06. The van der Waals surface area contributed by atoms with Crippen LogP contribution in [0.15, 0.2) is 24.5 Å². The first-order valence-corrected chi connectivity index (χ1v) is 8.06. The first kappa shape index (κ1) is 14.8. The molecule has 0 spiro atoms. The van der Waals surface area contributed by atoms with Crippen molar-refractivity contribution in [3.05, 3.63) is 47.0 Å². The van der Waals surface area contributed by atoms with E-state index in [4.69, 9.17) is 10.4 Å². The summed E-state index contributed by atoms with van der Waals surface area (Å²) in [5.74, 6) is 0.754. The van der Waals surface area contributed by atoms with Crippen molar-refractivity contribution in [1.82, 2.24) is 14.8 Å². The molecule has 0 N–H and O–H groups in total. The minimum Gasteiger partial charge on any atom is -0.265 e. The number of aromatic nitrogens is 3. The molecule has 1 unspecified atom stereocenters. The van der Waals surface area contributed by atoms with Crippen LogP contribution in [0.3, 0.4) is 0 Å². The second-order valence-corrected chi connectivity index (χ2v) is 6.36. The highest BCUT2D eigenvalue weighted by molar-refractivity contribution is 5.35. The molecular formula is C18H22N4. The molecule has 1 atom stereocenters. The number of nitriles is 1. The Hall–Kier alpha value is -2.15. The van der Waals surface area contributed by atoms with Crippen molar-refractivity contribution in [2.45, 2.75) is 57.9 Å². The largest absolute Gasteiger partial charge is 0.265 e. The molecule has 0 aromatic carbocycles. The van der Waals surface area contributed by atoms with Gasteiger partial charge in [0.1, 0.15) is 0 Å². The zero-order chi connectivity index (χ0) is 15.5. The number of nitrogens with zero attached hydrogens (tertiary/aromatic N) is 4. The maximum absolute atomic E-state index is 9.13. The molecule has 0 bridgehead atoms. The molecule has 3 rings (SSSR count). The van der Waals surface area contributed by atoms with E-state index in [2.05, 4.69) is 29.6 Å². The highest BCUT2D eigenvalue weighted by atomic mass is 15.3. The van der Waals surface area contributed by atoms with Crippen molar-refractivity contribution in [1.29, 1.82) is 5.26 Å². The van der Waals surface area contributed by atoms with Crippen LogP contribution < -0.4 is 0 Å². The van der Waals surface area contributed by atoms with E-state index in [1.165, 1.54) is 22.5 Å². The van der Waals surface area contributed by atoms with Crippen LogP contribution in [0.1, 0.15) is 67.5 Å². The molecule has 22 heavy (non-hydrogen) atoms. The van der Waals surface area contributed by atoms with Crippen molar-refractivity contribution < 1.29 is 0 Å². The van der Waals surface area contributed by atoms with Gasteiger partial charge in [-0.15, -0.1) is 0 Å². The maximum atomic E-state index is 9.13. The van der Waals surface area contributed by atoms with Crippen molar-refractivity contribution in [3.8, 4) is 6.07 Å². The molecule has 2 aromatic rings. The van der Waals surface area contributed by atoms with Crippen LogP contribution in [-0.4, -0.2) is 14.8 Å². The summed E-state index contributed by atoms with van der Waals surface area (Å²) in [4.78, 5) is 4.08. The van der Waals surface area contributed by atoms with Gasteiger partial charge in [-0.2, -0.15) is 10.4 Å². The van der Waals surface area contributed by atoms with Gasteiger partial charge in [-0.3, -0.25) is 9.67 Å². The SMILES string of the molecule is CC(C)c1nn(Cc2ccncc2)c2c1C(CC#N)CCC2. The van der Waals surface area contributed by atoms with E-state index in [9.17, 15) is 0 Å². The normalized spacial score (nSPS) is 17.3. The van der Waals surface area contributed by atoms with Gasteiger partial charge < -0.3 is 0 Å². The van der Waals surface area contributed by atoms with Gasteiger partial charge in [0.05, 0.1) is 18.3 Å². The molecule has 0 saturated heterocycles. The van der Waals surface area contributed by atoms with E-state index in [0.29, 0.717) is 18.3 Å². The summed E-state index contributed by atoms with van der Waals surface area (Å²) < 4.78 is 2.16. The van der Waals surface area contributed by atoms with Crippen LogP contribution in [0.5, 0.6) is 0 Å². The van der Waals surface area contributed by atoms with Gasteiger partial charge in [0.2, 0.25) is 0 Å². The Bertz CT molecular complexity index is 679. The predicted molar refractivity (Wildman–Crippen MR) is 85.6 cm³/mol. The first-order chi connectivity index (χ1) is 10.7. The van der Waals surface area contributed by atoms with Crippen LogP contribution in [0, 0.1) is 11.3 Å². The number of pyridine rings is 1. The summed E-state index contributed by atoms with van der Waals surface area (Å²) in [6.45, 7) is 5.17. The molecule has 1 aliphatic carbocycles. The standard InChI is InChI=1S/C18H22N4/c1-13(2)18-17-15(6-9-19)4-3-5-16(17)22(21-18)12-14-7-10-20-11-8-14/h7-8,10-11,13,15H,3-6,12H2,1-2H3. The Labute approximate surface area is 131 Å². The van der Waals surface area contributed by atoms with Crippen molar-refractivity contribution >= 4 is 0 Å². The van der Waals surface area contributed by atoms with Gasteiger partial charge in [0.25, 0.3) is 0 Å². The molecule has 114 valence electrons. The van der Waals surface area contributed by atoms with Gasteiger partial charge in [-0.1, -0.05) is 13.8 Å². The monoisotopic (exact) mass is 294 g/mol. The van der Waals surface area contributed by atoms with Crippen LogP contribution in [0.4, 0.5) is 0 Å². The Morgan fingerprint density at radius 2 is 2.14 bits per heavy atom. The fourth-order valence-electron chi connectivity index (χ4n) is 3.43. The molecule has 4 nitrogen and oxygen atoms in total. The lowest BCUT2D eigenvalue weighted by molar-refractivity contribution is 0.531. The molecular weight excluding hydrogens is 272 g/mol. The fraction of sp³-hybridized carbons (Fsp3) is 0.500. The van der Waals surface area contributed by atoms with Crippen LogP contribution >= 0.6 is 0 Å². The second-order valence-electron chi connectivity index (χ2n) is 6.36. The molecule has 0 aliphatic heterocycles. The van der Waals surface area contributed by atoms with Crippen LogP contribution in [0.25, 0.3) is 0 Å². The molecule has 1 aliphatic rings. The Morgan fingerprint density at radius 1 is 1.36 bits per heavy atom. The van der Waals surface area contributed by atoms with E-state index < -0.39 is 0 Å². The second kappa shape index (κ2) is 6.31. The molecule has 0 fully saturated rings. The van der Waals surface area contributed by atoms with Crippen LogP contribution in [0.2, 0.25) is 0 Å². The lowest BCUT2D eigenvalue weighted by Gasteiger charge is -2.22. The van der Waals surface area contributed by atoms with E-state index in [-0.39, 0.29) is 0 Å². The number of fused-ring (bicyclic) bond motifs is 1. The lowest BCUT2D eigenvalue weighted by Crippen LogP contribution is -2.14. The van der Waals surface area contributed by atoms with Crippen LogP contribution in [-0.2, 0) is 13.0 Å². The van der Waals surface area contributed by atoms with Gasteiger partial charge >= 0.3 is 0 Å². The summed E-state index contributed by atoms with van der Waals surface area (Å²) in [5, 5.41) is 14.0. The van der Waals surface area contributed by atoms with E-state index in [0.717, 1.165) is 25.8 Å². The molecule has 0 saturated carbocycles. The van der Waals surface area contributed by atoms with Gasteiger partial charge in [0.15, 0.2) is 0 Å². The third-order valence-corrected chi connectivity index (χ3v) is 4.47. The Kier molecular flexibility index (Phi) is 4.24. The van der Waals surface area contributed by atoms with Gasteiger partial charge in [-0.25, -0.2) is 0 Å². The Morgan fingerprint density at radius 3 is 2.82 bits per heavy atom. The quantitative estimate of drug-likeness (QED) is 0.862. The molecule has 2 heterocycles.